The van der Waals surface area contributed by atoms with Gasteiger partial charge in [0.05, 0.1) is 34.1 Å². The van der Waals surface area contributed by atoms with Crippen molar-refractivity contribution < 1.29 is 8.83 Å². The molecule has 0 aliphatic rings. The molecule has 56 heavy (non-hydrogen) atoms. The number of benzene rings is 6. The van der Waals surface area contributed by atoms with Crippen molar-refractivity contribution in [2.24, 2.45) is 0 Å². The first-order chi connectivity index (χ1) is 27.7. The van der Waals surface area contributed by atoms with Crippen LogP contribution in [0.1, 0.15) is 0 Å². The lowest BCUT2D eigenvalue weighted by Gasteiger charge is -2.22. The number of rotatable bonds is 9. The van der Waals surface area contributed by atoms with Gasteiger partial charge in [0.15, 0.2) is 11.2 Å². The molecule has 0 radical (unpaired) electrons. The maximum atomic E-state index is 6.31. The molecule has 10 rings (SSSR count). The Labute approximate surface area is 322 Å². The van der Waals surface area contributed by atoms with E-state index in [0.29, 0.717) is 12.0 Å². The smallest absolute Gasteiger partial charge is 0.307 e. The fraction of sp³-hybridized carbons (Fsp3) is 0. The predicted molar refractivity (Wildman–Crippen MR) is 223 cm³/mol. The molecule has 0 aliphatic carbocycles. The molecule has 0 atom stereocenters. The number of fused-ring (bicyclic) bond motifs is 2. The fourth-order valence-corrected chi connectivity index (χ4v) is 6.89. The third-order valence-corrected chi connectivity index (χ3v) is 9.70. The molecule has 8 nitrogen and oxygen atoms in total. The van der Waals surface area contributed by atoms with E-state index in [9.17, 15) is 0 Å². The second-order valence-electron chi connectivity index (χ2n) is 13.2. The number of hydrogen-bond donors (Lipinski definition) is 0. The number of anilines is 6. The molecule has 0 fully saturated rings. The van der Waals surface area contributed by atoms with E-state index >= 15 is 0 Å². The van der Waals surface area contributed by atoms with Gasteiger partial charge in [-0.3, -0.25) is 19.8 Å². The number of nitrogens with zero attached hydrogens (tertiary/aromatic N) is 6. The van der Waals surface area contributed by atoms with E-state index in [1.54, 1.807) is 12.4 Å². The van der Waals surface area contributed by atoms with Gasteiger partial charge < -0.3 is 8.83 Å². The molecular formula is C48H32N6O2. The molecule has 0 saturated heterocycles. The van der Waals surface area contributed by atoms with Gasteiger partial charge in [0.25, 0.3) is 0 Å². The quantitative estimate of drug-likeness (QED) is 0.145. The highest BCUT2D eigenvalue weighted by Crippen LogP contribution is 2.40. The zero-order valence-electron chi connectivity index (χ0n) is 30.0. The first-order valence-corrected chi connectivity index (χ1v) is 18.3. The lowest BCUT2D eigenvalue weighted by atomic mass is 10.0. The van der Waals surface area contributed by atoms with Crippen molar-refractivity contribution in [3.05, 3.63) is 194 Å². The molecule has 4 heterocycles. The second kappa shape index (κ2) is 14.2. The Bertz CT molecular complexity index is 2620. The summed E-state index contributed by atoms with van der Waals surface area (Å²) in [6.07, 6.45) is 3.61. The molecule has 0 bridgehead atoms. The number of para-hydroxylation sites is 4. The third kappa shape index (κ3) is 6.31. The van der Waals surface area contributed by atoms with Crippen LogP contribution in [-0.2, 0) is 0 Å². The predicted octanol–water partition coefficient (Wildman–Crippen LogP) is 12.7. The van der Waals surface area contributed by atoms with Gasteiger partial charge in [-0.05, 0) is 108 Å². The van der Waals surface area contributed by atoms with Crippen molar-refractivity contribution in [1.82, 2.24) is 19.9 Å². The molecule has 6 aromatic carbocycles. The van der Waals surface area contributed by atoms with Crippen molar-refractivity contribution in [2.75, 3.05) is 9.80 Å². The maximum absolute atomic E-state index is 6.31. The van der Waals surface area contributed by atoms with Crippen LogP contribution in [0.25, 0.3) is 55.8 Å². The number of oxazole rings is 2. The molecular weight excluding hydrogens is 693 g/mol. The van der Waals surface area contributed by atoms with Gasteiger partial charge >= 0.3 is 12.0 Å². The van der Waals surface area contributed by atoms with Crippen LogP contribution < -0.4 is 9.80 Å². The summed E-state index contributed by atoms with van der Waals surface area (Å²) in [7, 11) is 0. The molecule has 0 saturated carbocycles. The summed E-state index contributed by atoms with van der Waals surface area (Å²) >= 11 is 0. The highest BCUT2D eigenvalue weighted by Gasteiger charge is 2.21. The van der Waals surface area contributed by atoms with Crippen LogP contribution in [0.5, 0.6) is 0 Å². The van der Waals surface area contributed by atoms with Gasteiger partial charge in [0.2, 0.25) is 0 Å². The Hall–Kier alpha value is -7.84. The van der Waals surface area contributed by atoms with Crippen LogP contribution >= 0.6 is 0 Å². The van der Waals surface area contributed by atoms with Gasteiger partial charge in [-0.25, -0.2) is 0 Å². The van der Waals surface area contributed by atoms with Crippen LogP contribution in [0, 0.1) is 0 Å². The van der Waals surface area contributed by atoms with E-state index in [0.717, 1.165) is 78.6 Å². The average Bonchev–Trinajstić information content (AvgIpc) is 3.90. The summed E-state index contributed by atoms with van der Waals surface area (Å²) in [5.41, 5.74) is 12.7. The average molecular weight is 725 g/mol. The Balaban J connectivity index is 0.976. The van der Waals surface area contributed by atoms with E-state index in [4.69, 9.17) is 18.8 Å². The van der Waals surface area contributed by atoms with Gasteiger partial charge in [0.1, 0.15) is 11.0 Å². The maximum Gasteiger partial charge on any atom is 0.307 e. The number of aromatic nitrogens is 4. The van der Waals surface area contributed by atoms with Gasteiger partial charge in [0, 0.05) is 23.5 Å². The minimum Gasteiger partial charge on any atom is -0.423 e. The van der Waals surface area contributed by atoms with Crippen LogP contribution in [0.15, 0.2) is 203 Å². The Kier molecular flexibility index (Phi) is 8.31. The molecule has 266 valence electrons. The Morgan fingerprint density at radius 2 is 0.661 bits per heavy atom. The topological polar surface area (TPSA) is 84.3 Å². The SMILES string of the molecule is c1ccc(-c2ccc(N(c3ccc(-c4ccc(N(c5ccc(-c6ccccn6)cc5)c5nc6ccccc6o5)cc4)cc3)c3nc4ccccc4o3)cc2)nc1. The molecule has 0 unspecified atom stereocenters. The second-order valence-corrected chi connectivity index (χ2v) is 13.2. The number of hydrogen-bond acceptors (Lipinski definition) is 8. The first-order valence-electron chi connectivity index (χ1n) is 18.3. The van der Waals surface area contributed by atoms with Crippen molar-refractivity contribution in [1.29, 1.82) is 0 Å². The Morgan fingerprint density at radius 1 is 0.321 bits per heavy atom. The first kappa shape index (κ1) is 32.8. The standard InChI is InChI=1S/C48H32N6O2/c1-3-13-45-43(11-1)51-47(55-45)53(39-27-19-35(20-28-39)41-9-5-7-31-49-41)37-23-15-33(16-24-37)34-17-25-38(26-18-34)54(48-52-44-12-2-4-14-46(44)56-48)40-29-21-36(22-30-40)42-10-6-8-32-50-42/h1-32H. The van der Waals surface area contributed by atoms with E-state index in [1.165, 1.54) is 0 Å². The number of pyridine rings is 2. The van der Waals surface area contributed by atoms with Crippen molar-refractivity contribution >= 4 is 57.0 Å². The van der Waals surface area contributed by atoms with Gasteiger partial charge in [-0.2, -0.15) is 9.97 Å². The van der Waals surface area contributed by atoms with E-state index in [2.05, 4.69) is 107 Å². The molecule has 0 spiro atoms. The summed E-state index contributed by atoms with van der Waals surface area (Å²) in [5.74, 6) is 0. The zero-order chi connectivity index (χ0) is 37.3. The summed E-state index contributed by atoms with van der Waals surface area (Å²) < 4.78 is 12.6. The minimum atomic E-state index is 0.487. The fourth-order valence-electron chi connectivity index (χ4n) is 6.89. The molecule has 0 amide bonds. The largest absolute Gasteiger partial charge is 0.423 e. The monoisotopic (exact) mass is 724 g/mol. The summed E-state index contributed by atoms with van der Waals surface area (Å²) in [4.78, 5) is 22.8. The molecule has 0 aliphatic heterocycles. The molecule has 4 aromatic heterocycles. The zero-order valence-corrected chi connectivity index (χ0v) is 30.0. The van der Waals surface area contributed by atoms with Crippen LogP contribution in [-0.4, -0.2) is 19.9 Å². The van der Waals surface area contributed by atoms with Crippen molar-refractivity contribution in [3.8, 4) is 33.6 Å². The van der Waals surface area contributed by atoms with E-state index in [-0.39, 0.29) is 0 Å². The highest BCUT2D eigenvalue weighted by molar-refractivity contribution is 5.83. The molecule has 10 aromatic rings. The Morgan fingerprint density at radius 3 is 1.00 bits per heavy atom. The summed E-state index contributed by atoms with van der Waals surface area (Å²) in [6.45, 7) is 0. The molecule has 8 heteroatoms. The third-order valence-electron chi connectivity index (χ3n) is 9.70. The lowest BCUT2D eigenvalue weighted by molar-refractivity contribution is 0.608. The van der Waals surface area contributed by atoms with Crippen LogP contribution in [0.2, 0.25) is 0 Å². The van der Waals surface area contributed by atoms with Crippen LogP contribution in [0.3, 0.4) is 0 Å². The highest BCUT2D eigenvalue weighted by atomic mass is 16.4. The van der Waals surface area contributed by atoms with Gasteiger partial charge in [-0.15, -0.1) is 0 Å². The van der Waals surface area contributed by atoms with Crippen molar-refractivity contribution in [3.63, 3.8) is 0 Å². The normalized spacial score (nSPS) is 11.2. The summed E-state index contributed by atoms with van der Waals surface area (Å²) in [5, 5.41) is 0. The van der Waals surface area contributed by atoms with E-state index < -0.39 is 0 Å². The van der Waals surface area contributed by atoms with Crippen molar-refractivity contribution in [2.45, 2.75) is 0 Å². The van der Waals surface area contributed by atoms with Crippen LogP contribution in [0.4, 0.5) is 34.8 Å². The van der Waals surface area contributed by atoms with Gasteiger partial charge in [-0.1, -0.05) is 84.9 Å². The molecule has 0 N–H and O–H groups in total. The minimum absolute atomic E-state index is 0.487. The lowest BCUT2D eigenvalue weighted by Crippen LogP contribution is -2.10. The van der Waals surface area contributed by atoms with E-state index in [1.807, 2.05) is 94.7 Å². The summed E-state index contributed by atoms with van der Waals surface area (Å²) in [6, 6.07) is 61.9.